The third-order valence-electron chi connectivity index (χ3n) is 2.73. The Kier molecular flexibility index (Phi) is 5.12. The average Bonchev–Trinajstić information content (AvgIpc) is 2.19. The number of nitrogens with one attached hydrogen (secondary N) is 1. The van der Waals surface area contributed by atoms with E-state index in [1.165, 1.54) is 0 Å². The Labute approximate surface area is 86.2 Å². The predicted octanol–water partition coefficient (Wildman–Crippen LogP) is 1.37. The Hall–Kier alpha value is -0.410. The van der Waals surface area contributed by atoms with Crippen LogP contribution in [0.4, 0.5) is 0 Å². The Morgan fingerprint density at radius 1 is 1.64 bits per heavy atom. The van der Waals surface area contributed by atoms with Crippen LogP contribution in [0.5, 0.6) is 0 Å². The summed E-state index contributed by atoms with van der Waals surface area (Å²) < 4.78 is 5.48. The van der Waals surface area contributed by atoms with Crippen molar-refractivity contribution in [3.63, 3.8) is 0 Å². The Bertz CT molecular complexity index is 176. The molecule has 1 heterocycles. The number of ether oxygens (including phenoxy) is 1. The van der Waals surface area contributed by atoms with Gasteiger partial charge in [-0.2, -0.15) is 0 Å². The molecule has 0 spiro atoms. The molecule has 1 fully saturated rings. The molecule has 0 aliphatic carbocycles. The molecular weight excluding hydrogens is 178 g/mol. The van der Waals surface area contributed by atoms with Gasteiger partial charge in [0.2, 0.25) is 0 Å². The molecule has 0 radical (unpaired) electrons. The summed E-state index contributed by atoms with van der Waals surface area (Å²) in [5.74, 6) is 0.854. The Morgan fingerprint density at radius 2 is 2.43 bits per heavy atom. The zero-order valence-electron chi connectivity index (χ0n) is 9.21. The highest BCUT2D eigenvalue weighted by Crippen LogP contribution is 2.11. The van der Waals surface area contributed by atoms with E-state index in [1.54, 1.807) is 0 Å². The molecule has 3 nitrogen and oxygen atoms in total. The summed E-state index contributed by atoms with van der Waals surface area (Å²) in [5, 5.41) is 3.23. The van der Waals surface area contributed by atoms with Gasteiger partial charge in [0.05, 0.1) is 12.7 Å². The highest BCUT2D eigenvalue weighted by atomic mass is 16.5. The van der Waals surface area contributed by atoms with Gasteiger partial charge in [-0.1, -0.05) is 20.3 Å². The fourth-order valence-electron chi connectivity index (χ4n) is 1.62. The molecule has 1 N–H and O–H groups in total. The summed E-state index contributed by atoms with van der Waals surface area (Å²) in [5.41, 5.74) is 0. The molecule has 0 aromatic carbocycles. The van der Waals surface area contributed by atoms with Crippen LogP contribution >= 0.6 is 0 Å². The molecule has 0 saturated carbocycles. The summed E-state index contributed by atoms with van der Waals surface area (Å²) in [6.07, 6.45) is 2.48. The van der Waals surface area contributed by atoms with E-state index in [9.17, 15) is 4.79 Å². The van der Waals surface area contributed by atoms with Gasteiger partial charge in [-0.25, -0.2) is 0 Å². The van der Waals surface area contributed by atoms with Crippen molar-refractivity contribution in [3.05, 3.63) is 0 Å². The highest BCUT2D eigenvalue weighted by Gasteiger charge is 2.18. The number of hydrogen-bond acceptors (Lipinski definition) is 3. The van der Waals surface area contributed by atoms with E-state index in [0.29, 0.717) is 24.5 Å². The predicted molar refractivity (Wildman–Crippen MR) is 56.3 cm³/mol. The van der Waals surface area contributed by atoms with E-state index >= 15 is 0 Å². The molecule has 82 valence electrons. The molecule has 2 atom stereocenters. The van der Waals surface area contributed by atoms with Crippen molar-refractivity contribution in [1.82, 2.24) is 5.32 Å². The molecule has 1 saturated heterocycles. The molecule has 0 amide bonds. The minimum absolute atomic E-state index is 0.111. The van der Waals surface area contributed by atoms with Crippen molar-refractivity contribution in [1.29, 1.82) is 0 Å². The number of hydrogen-bond donors (Lipinski definition) is 1. The molecular formula is C11H21NO2. The number of carbonyl (C=O) groups is 1. The fourth-order valence-corrected chi connectivity index (χ4v) is 1.62. The van der Waals surface area contributed by atoms with Gasteiger partial charge < -0.3 is 10.1 Å². The zero-order valence-corrected chi connectivity index (χ0v) is 9.21. The first-order valence-corrected chi connectivity index (χ1v) is 5.56. The van der Waals surface area contributed by atoms with Gasteiger partial charge in [0, 0.05) is 25.9 Å². The van der Waals surface area contributed by atoms with Crippen molar-refractivity contribution in [3.8, 4) is 0 Å². The summed E-state index contributed by atoms with van der Waals surface area (Å²) in [4.78, 5) is 11.6. The van der Waals surface area contributed by atoms with Crippen LogP contribution in [0, 0.1) is 5.92 Å². The van der Waals surface area contributed by atoms with Crippen molar-refractivity contribution >= 4 is 5.78 Å². The lowest BCUT2D eigenvalue weighted by atomic mass is 9.99. The van der Waals surface area contributed by atoms with Gasteiger partial charge in [-0.3, -0.25) is 4.79 Å². The first-order chi connectivity index (χ1) is 6.72. The van der Waals surface area contributed by atoms with Gasteiger partial charge in [0.25, 0.3) is 0 Å². The summed E-state index contributed by atoms with van der Waals surface area (Å²) in [6, 6.07) is 0. The minimum atomic E-state index is 0.111. The molecule has 3 heteroatoms. The first-order valence-electron chi connectivity index (χ1n) is 5.56. The van der Waals surface area contributed by atoms with Gasteiger partial charge >= 0.3 is 0 Å². The van der Waals surface area contributed by atoms with Crippen LogP contribution < -0.4 is 5.32 Å². The summed E-state index contributed by atoms with van der Waals surface area (Å²) in [7, 11) is 0. The van der Waals surface area contributed by atoms with E-state index in [-0.39, 0.29) is 6.10 Å². The van der Waals surface area contributed by atoms with E-state index in [1.807, 2.05) is 0 Å². The van der Waals surface area contributed by atoms with Crippen LogP contribution in [0.3, 0.4) is 0 Å². The van der Waals surface area contributed by atoms with Crippen LogP contribution in [0.15, 0.2) is 0 Å². The summed E-state index contributed by atoms with van der Waals surface area (Å²) >= 11 is 0. The fraction of sp³-hybridized carbons (Fsp3) is 0.909. The topological polar surface area (TPSA) is 38.3 Å². The minimum Gasteiger partial charge on any atom is -0.375 e. The van der Waals surface area contributed by atoms with Gasteiger partial charge in [0.1, 0.15) is 5.78 Å². The van der Waals surface area contributed by atoms with Crippen LogP contribution in [0.1, 0.15) is 33.1 Å². The lowest BCUT2D eigenvalue weighted by molar-refractivity contribution is -0.123. The normalized spacial score (nSPS) is 24.6. The second-order valence-electron chi connectivity index (χ2n) is 4.16. The molecule has 1 aliphatic heterocycles. The van der Waals surface area contributed by atoms with Gasteiger partial charge in [-0.05, 0) is 5.92 Å². The largest absolute Gasteiger partial charge is 0.375 e. The molecule has 2 unspecified atom stereocenters. The smallest absolute Gasteiger partial charge is 0.135 e. The van der Waals surface area contributed by atoms with E-state index in [2.05, 4.69) is 19.2 Å². The zero-order chi connectivity index (χ0) is 10.4. The standard InChI is InChI=1S/C11H21NO2/c1-3-9(2)6-10(13)7-11-8-12-4-5-14-11/h9,11-12H,3-8H2,1-2H3. The molecule has 14 heavy (non-hydrogen) atoms. The third kappa shape index (κ3) is 4.20. The molecule has 0 aromatic heterocycles. The second kappa shape index (κ2) is 6.14. The third-order valence-corrected chi connectivity index (χ3v) is 2.73. The molecule has 1 rings (SSSR count). The lowest BCUT2D eigenvalue weighted by Gasteiger charge is -2.23. The van der Waals surface area contributed by atoms with Crippen LogP contribution in [0.2, 0.25) is 0 Å². The van der Waals surface area contributed by atoms with Crippen molar-refractivity contribution in [2.45, 2.75) is 39.2 Å². The van der Waals surface area contributed by atoms with E-state index < -0.39 is 0 Å². The molecule has 0 bridgehead atoms. The molecule has 1 aliphatic rings. The second-order valence-corrected chi connectivity index (χ2v) is 4.16. The van der Waals surface area contributed by atoms with Crippen LogP contribution in [-0.4, -0.2) is 31.6 Å². The highest BCUT2D eigenvalue weighted by molar-refractivity contribution is 5.79. The lowest BCUT2D eigenvalue weighted by Crippen LogP contribution is -2.39. The van der Waals surface area contributed by atoms with Crippen molar-refractivity contribution in [2.75, 3.05) is 19.7 Å². The SMILES string of the molecule is CCC(C)CC(=O)CC1CNCCO1. The maximum atomic E-state index is 11.6. The Balaban J connectivity index is 2.18. The van der Waals surface area contributed by atoms with Gasteiger partial charge in [0.15, 0.2) is 0 Å². The number of Topliss-reactive ketones (excluding diaryl/α,β-unsaturated/α-hetero) is 1. The van der Waals surface area contributed by atoms with Crippen LogP contribution in [-0.2, 0) is 9.53 Å². The van der Waals surface area contributed by atoms with Crippen molar-refractivity contribution < 1.29 is 9.53 Å². The number of ketones is 1. The van der Waals surface area contributed by atoms with Gasteiger partial charge in [-0.15, -0.1) is 0 Å². The van der Waals surface area contributed by atoms with Crippen LogP contribution in [0.25, 0.3) is 0 Å². The van der Waals surface area contributed by atoms with E-state index in [4.69, 9.17) is 4.74 Å². The summed E-state index contributed by atoms with van der Waals surface area (Å²) in [6.45, 7) is 6.72. The number of carbonyl (C=O) groups excluding carboxylic acids is 1. The quantitative estimate of drug-likeness (QED) is 0.726. The maximum absolute atomic E-state index is 11.6. The van der Waals surface area contributed by atoms with Crippen molar-refractivity contribution in [2.24, 2.45) is 5.92 Å². The Morgan fingerprint density at radius 3 is 3.00 bits per heavy atom. The average molecular weight is 199 g/mol. The first kappa shape index (κ1) is 11.7. The number of morpholine rings is 1. The van der Waals surface area contributed by atoms with E-state index in [0.717, 1.165) is 26.1 Å². The monoisotopic (exact) mass is 199 g/mol. The maximum Gasteiger partial charge on any atom is 0.135 e. The molecule has 0 aromatic rings. The number of rotatable bonds is 5.